The van der Waals surface area contributed by atoms with Crippen LogP contribution in [0.5, 0.6) is 5.75 Å². The number of thiazole rings is 1. The summed E-state index contributed by atoms with van der Waals surface area (Å²) in [4.78, 5) is 15.6. The van der Waals surface area contributed by atoms with E-state index in [1.54, 1.807) is 12.3 Å². The largest absolute Gasteiger partial charge is 0.493 e. The van der Waals surface area contributed by atoms with Crippen LogP contribution in [-0.2, 0) is 4.79 Å². The van der Waals surface area contributed by atoms with Gasteiger partial charge in [0.2, 0.25) is 0 Å². The van der Waals surface area contributed by atoms with Crippen LogP contribution in [0.25, 0.3) is 16.6 Å². The molecular formula is C16H17NO3S. The highest BCUT2D eigenvalue weighted by atomic mass is 32.1. The molecule has 0 atom stereocenters. The maximum absolute atomic E-state index is 10.5. The van der Waals surface area contributed by atoms with Gasteiger partial charge in [-0.3, -0.25) is 0 Å². The number of carbonyl (C=O) groups is 1. The molecule has 0 saturated carbocycles. The van der Waals surface area contributed by atoms with Crippen LogP contribution >= 0.6 is 11.3 Å². The van der Waals surface area contributed by atoms with Crippen LogP contribution in [0, 0.1) is 5.92 Å². The summed E-state index contributed by atoms with van der Waals surface area (Å²) in [5.41, 5.74) is 0.992. The fraction of sp³-hybridized carbons (Fsp3) is 0.250. The van der Waals surface area contributed by atoms with Crippen molar-refractivity contribution in [3.05, 3.63) is 41.4 Å². The summed E-state index contributed by atoms with van der Waals surface area (Å²) in [5, 5.41) is 9.46. The lowest BCUT2D eigenvalue weighted by atomic mass is 10.2. The van der Waals surface area contributed by atoms with Crippen LogP contribution in [0.1, 0.15) is 18.7 Å². The third kappa shape index (κ3) is 4.72. The molecule has 4 nitrogen and oxygen atoms in total. The van der Waals surface area contributed by atoms with Gasteiger partial charge in [0.15, 0.2) is 0 Å². The van der Waals surface area contributed by atoms with Crippen molar-refractivity contribution in [1.82, 2.24) is 4.98 Å². The Kier molecular flexibility index (Phi) is 5.11. The van der Waals surface area contributed by atoms with Crippen LogP contribution in [0.15, 0.2) is 36.5 Å². The fourth-order valence-electron chi connectivity index (χ4n) is 1.61. The molecule has 5 heteroatoms. The lowest BCUT2D eigenvalue weighted by Gasteiger charge is -2.08. The number of benzene rings is 1. The van der Waals surface area contributed by atoms with Gasteiger partial charge in [0, 0.05) is 22.7 Å². The van der Waals surface area contributed by atoms with Crippen molar-refractivity contribution in [3.8, 4) is 16.3 Å². The van der Waals surface area contributed by atoms with E-state index in [2.05, 4.69) is 18.8 Å². The first-order valence-corrected chi connectivity index (χ1v) is 7.46. The zero-order chi connectivity index (χ0) is 15.2. The van der Waals surface area contributed by atoms with Crippen molar-refractivity contribution < 1.29 is 14.6 Å². The van der Waals surface area contributed by atoms with Gasteiger partial charge in [-0.1, -0.05) is 13.8 Å². The molecule has 0 saturated heterocycles. The molecule has 0 bridgehead atoms. The minimum absolute atomic E-state index is 0.493. The third-order valence-corrected chi connectivity index (χ3v) is 3.61. The summed E-state index contributed by atoms with van der Waals surface area (Å²) in [5.74, 6) is 0.374. The van der Waals surface area contributed by atoms with E-state index < -0.39 is 5.97 Å². The maximum atomic E-state index is 10.5. The molecular weight excluding hydrogens is 286 g/mol. The fourth-order valence-corrected chi connectivity index (χ4v) is 2.43. The SMILES string of the molecule is CC(C)COc1ccc(-c2ncc(/C=C/C(=O)O)s2)cc1. The van der Waals surface area contributed by atoms with Crippen LogP contribution < -0.4 is 4.74 Å². The monoisotopic (exact) mass is 303 g/mol. The first-order valence-electron chi connectivity index (χ1n) is 6.64. The van der Waals surface area contributed by atoms with E-state index in [1.165, 1.54) is 11.3 Å². The molecule has 21 heavy (non-hydrogen) atoms. The van der Waals surface area contributed by atoms with Crippen molar-refractivity contribution in [1.29, 1.82) is 0 Å². The number of hydrogen-bond acceptors (Lipinski definition) is 4. The van der Waals surface area contributed by atoms with Crippen LogP contribution in [0.3, 0.4) is 0 Å². The average Bonchev–Trinajstić information content (AvgIpc) is 2.92. The predicted molar refractivity (Wildman–Crippen MR) is 84.6 cm³/mol. The zero-order valence-corrected chi connectivity index (χ0v) is 12.8. The van der Waals surface area contributed by atoms with Gasteiger partial charge in [0.05, 0.1) is 6.61 Å². The van der Waals surface area contributed by atoms with Gasteiger partial charge in [-0.2, -0.15) is 0 Å². The Bertz CT molecular complexity index is 629. The highest BCUT2D eigenvalue weighted by molar-refractivity contribution is 7.15. The van der Waals surface area contributed by atoms with E-state index in [0.717, 1.165) is 27.3 Å². The Hall–Kier alpha value is -2.14. The number of ether oxygens (including phenoxy) is 1. The quantitative estimate of drug-likeness (QED) is 0.821. The molecule has 1 heterocycles. The smallest absolute Gasteiger partial charge is 0.328 e. The predicted octanol–water partition coefficient (Wildman–Crippen LogP) is 3.94. The lowest BCUT2D eigenvalue weighted by molar-refractivity contribution is -0.131. The molecule has 0 aliphatic rings. The molecule has 2 aromatic rings. The number of carboxylic acids is 1. The highest BCUT2D eigenvalue weighted by Gasteiger charge is 2.04. The van der Waals surface area contributed by atoms with Crippen LogP contribution in [0.2, 0.25) is 0 Å². The summed E-state index contributed by atoms with van der Waals surface area (Å²) in [6, 6.07) is 7.76. The number of nitrogens with zero attached hydrogens (tertiary/aromatic N) is 1. The molecule has 1 N–H and O–H groups in total. The summed E-state index contributed by atoms with van der Waals surface area (Å²) < 4.78 is 5.63. The van der Waals surface area contributed by atoms with Gasteiger partial charge in [0.25, 0.3) is 0 Å². The number of carboxylic acid groups (broad SMARTS) is 1. The van der Waals surface area contributed by atoms with Gasteiger partial charge < -0.3 is 9.84 Å². The van der Waals surface area contributed by atoms with E-state index in [0.29, 0.717) is 12.5 Å². The minimum atomic E-state index is -0.961. The van der Waals surface area contributed by atoms with Crippen LogP contribution in [-0.4, -0.2) is 22.7 Å². The van der Waals surface area contributed by atoms with Crippen molar-refractivity contribution in [3.63, 3.8) is 0 Å². The van der Waals surface area contributed by atoms with Crippen molar-refractivity contribution in [2.24, 2.45) is 5.92 Å². The Balaban J connectivity index is 2.06. The second kappa shape index (κ2) is 7.04. The number of rotatable bonds is 6. The first-order chi connectivity index (χ1) is 10.0. The molecule has 0 radical (unpaired) electrons. The van der Waals surface area contributed by atoms with E-state index >= 15 is 0 Å². The Morgan fingerprint density at radius 3 is 2.71 bits per heavy atom. The van der Waals surface area contributed by atoms with E-state index in [-0.39, 0.29) is 0 Å². The first kappa shape index (κ1) is 15.3. The molecule has 0 amide bonds. The van der Waals surface area contributed by atoms with E-state index in [4.69, 9.17) is 9.84 Å². The summed E-state index contributed by atoms with van der Waals surface area (Å²) in [7, 11) is 0. The van der Waals surface area contributed by atoms with Crippen molar-refractivity contribution in [2.75, 3.05) is 6.61 Å². The average molecular weight is 303 g/mol. The third-order valence-electron chi connectivity index (χ3n) is 2.60. The molecule has 0 unspecified atom stereocenters. The van der Waals surface area contributed by atoms with Crippen molar-refractivity contribution in [2.45, 2.75) is 13.8 Å². The Labute approximate surface area is 127 Å². The summed E-state index contributed by atoms with van der Waals surface area (Å²) >= 11 is 1.45. The second-order valence-electron chi connectivity index (χ2n) is 4.97. The molecule has 2 rings (SSSR count). The van der Waals surface area contributed by atoms with Crippen molar-refractivity contribution >= 4 is 23.4 Å². The van der Waals surface area contributed by atoms with Crippen LogP contribution in [0.4, 0.5) is 0 Å². The summed E-state index contributed by atoms with van der Waals surface area (Å²) in [6.07, 6.45) is 4.33. The minimum Gasteiger partial charge on any atom is -0.493 e. The lowest BCUT2D eigenvalue weighted by Crippen LogP contribution is -2.04. The molecule has 0 aliphatic heterocycles. The standard InChI is InChI=1S/C16H17NO3S/c1-11(2)10-20-13-5-3-12(4-6-13)16-17-9-14(21-16)7-8-15(18)19/h3-9,11H,10H2,1-2H3,(H,18,19)/b8-7+. The zero-order valence-electron chi connectivity index (χ0n) is 11.9. The molecule has 1 aromatic heterocycles. The normalized spacial score (nSPS) is 11.2. The molecule has 0 aliphatic carbocycles. The van der Waals surface area contributed by atoms with E-state index in [1.807, 2.05) is 24.3 Å². The topological polar surface area (TPSA) is 59.4 Å². The van der Waals surface area contributed by atoms with E-state index in [9.17, 15) is 4.79 Å². The summed E-state index contributed by atoms with van der Waals surface area (Å²) in [6.45, 7) is 4.91. The Morgan fingerprint density at radius 1 is 1.38 bits per heavy atom. The maximum Gasteiger partial charge on any atom is 0.328 e. The highest BCUT2D eigenvalue weighted by Crippen LogP contribution is 2.27. The molecule has 0 spiro atoms. The second-order valence-corrected chi connectivity index (χ2v) is 6.03. The van der Waals surface area contributed by atoms with Gasteiger partial charge >= 0.3 is 5.97 Å². The molecule has 0 fully saturated rings. The molecule has 110 valence electrons. The molecule has 1 aromatic carbocycles. The van der Waals surface area contributed by atoms with Gasteiger partial charge in [0.1, 0.15) is 10.8 Å². The van der Waals surface area contributed by atoms with Gasteiger partial charge in [-0.15, -0.1) is 11.3 Å². The number of aromatic nitrogens is 1. The number of hydrogen-bond donors (Lipinski definition) is 1. The van der Waals surface area contributed by atoms with Gasteiger partial charge in [-0.25, -0.2) is 9.78 Å². The Morgan fingerprint density at radius 2 is 2.10 bits per heavy atom. The van der Waals surface area contributed by atoms with Gasteiger partial charge in [-0.05, 0) is 36.3 Å². The number of aliphatic carboxylic acids is 1.